The lowest BCUT2D eigenvalue weighted by molar-refractivity contribution is 0.0690. The van der Waals surface area contributed by atoms with E-state index in [9.17, 15) is 9.90 Å². The summed E-state index contributed by atoms with van der Waals surface area (Å²) >= 11 is 0. The zero-order valence-electron chi connectivity index (χ0n) is 11.6. The number of aromatic nitrogens is 3. The zero-order valence-corrected chi connectivity index (χ0v) is 11.6. The van der Waals surface area contributed by atoms with Crippen molar-refractivity contribution in [3.63, 3.8) is 0 Å². The van der Waals surface area contributed by atoms with E-state index in [1.54, 1.807) is 4.68 Å². The van der Waals surface area contributed by atoms with Gasteiger partial charge in [-0.25, -0.2) is 4.79 Å². The second kappa shape index (κ2) is 7.35. The quantitative estimate of drug-likeness (QED) is 0.761. The number of hydrogen-bond donors (Lipinski definition) is 2. The second-order valence-electron chi connectivity index (χ2n) is 5.22. The van der Waals surface area contributed by atoms with Crippen LogP contribution in [0.3, 0.4) is 0 Å². The third kappa shape index (κ3) is 4.01. The van der Waals surface area contributed by atoms with Gasteiger partial charge in [0.1, 0.15) is 0 Å². The standard InChI is InChI=1S/C13H22N4O3/c18-9-8-16(11-4-2-1-3-5-11)6-7-17-10-12(13(19)20)14-15-17/h10-11,18H,1-9H2,(H,19,20). The van der Waals surface area contributed by atoms with Gasteiger partial charge in [-0.2, -0.15) is 0 Å². The van der Waals surface area contributed by atoms with E-state index in [1.807, 2.05) is 0 Å². The van der Waals surface area contributed by atoms with Gasteiger partial charge in [-0.3, -0.25) is 9.58 Å². The molecule has 1 aromatic heterocycles. The highest BCUT2D eigenvalue weighted by Crippen LogP contribution is 2.22. The monoisotopic (exact) mass is 282 g/mol. The lowest BCUT2D eigenvalue weighted by Crippen LogP contribution is -2.40. The molecule has 0 spiro atoms. The number of hydrogen-bond acceptors (Lipinski definition) is 5. The molecule has 2 N–H and O–H groups in total. The first-order chi connectivity index (χ1) is 9.70. The largest absolute Gasteiger partial charge is 0.476 e. The van der Waals surface area contributed by atoms with Gasteiger partial charge in [-0.1, -0.05) is 24.5 Å². The molecule has 112 valence electrons. The van der Waals surface area contributed by atoms with Crippen molar-refractivity contribution in [3.05, 3.63) is 11.9 Å². The number of carboxylic acid groups (broad SMARTS) is 1. The molecular formula is C13H22N4O3. The SMILES string of the molecule is O=C(O)c1cn(CCN(CCO)C2CCCCC2)nn1. The summed E-state index contributed by atoms with van der Waals surface area (Å²) in [6.45, 7) is 2.16. The summed E-state index contributed by atoms with van der Waals surface area (Å²) in [4.78, 5) is 13.0. The Labute approximate surface area is 118 Å². The summed E-state index contributed by atoms with van der Waals surface area (Å²) in [5, 5.41) is 25.4. The lowest BCUT2D eigenvalue weighted by atomic mass is 9.94. The van der Waals surface area contributed by atoms with Crippen molar-refractivity contribution in [3.8, 4) is 0 Å². The fraction of sp³-hybridized carbons (Fsp3) is 0.769. The lowest BCUT2D eigenvalue weighted by Gasteiger charge is -2.33. The van der Waals surface area contributed by atoms with E-state index in [0.29, 0.717) is 19.1 Å². The van der Waals surface area contributed by atoms with E-state index in [1.165, 1.54) is 38.3 Å². The summed E-state index contributed by atoms with van der Waals surface area (Å²) in [5.74, 6) is -1.06. The Morgan fingerprint density at radius 3 is 2.70 bits per heavy atom. The third-order valence-corrected chi connectivity index (χ3v) is 3.85. The number of aliphatic hydroxyl groups excluding tert-OH is 1. The Bertz CT molecular complexity index is 429. The number of carbonyl (C=O) groups is 1. The van der Waals surface area contributed by atoms with E-state index >= 15 is 0 Å². The van der Waals surface area contributed by atoms with Gasteiger partial charge in [0, 0.05) is 19.1 Å². The molecule has 1 aromatic rings. The van der Waals surface area contributed by atoms with Crippen molar-refractivity contribution in [2.75, 3.05) is 19.7 Å². The van der Waals surface area contributed by atoms with Gasteiger partial charge in [0.2, 0.25) is 0 Å². The third-order valence-electron chi connectivity index (χ3n) is 3.85. The van der Waals surface area contributed by atoms with Crippen LogP contribution in [0.15, 0.2) is 6.20 Å². The van der Waals surface area contributed by atoms with Gasteiger partial charge in [0.05, 0.1) is 19.3 Å². The van der Waals surface area contributed by atoms with Gasteiger partial charge >= 0.3 is 5.97 Å². The normalized spacial score (nSPS) is 16.7. The minimum absolute atomic E-state index is 0.0311. The number of carboxylic acids is 1. The van der Waals surface area contributed by atoms with Crippen LogP contribution in [0.1, 0.15) is 42.6 Å². The molecular weight excluding hydrogens is 260 g/mol. The molecule has 20 heavy (non-hydrogen) atoms. The highest BCUT2D eigenvalue weighted by molar-refractivity contribution is 5.84. The predicted molar refractivity (Wildman–Crippen MR) is 72.5 cm³/mol. The molecule has 7 nitrogen and oxygen atoms in total. The van der Waals surface area contributed by atoms with E-state index in [0.717, 1.165) is 6.54 Å². The number of rotatable bonds is 7. The van der Waals surface area contributed by atoms with Crippen molar-refractivity contribution >= 4 is 5.97 Å². The molecule has 0 aromatic carbocycles. The van der Waals surface area contributed by atoms with Crippen molar-refractivity contribution in [1.29, 1.82) is 0 Å². The zero-order chi connectivity index (χ0) is 14.4. The minimum atomic E-state index is -1.06. The Morgan fingerprint density at radius 2 is 2.10 bits per heavy atom. The van der Waals surface area contributed by atoms with Crippen LogP contribution in [0.4, 0.5) is 0 Å². The summed E-state index contributed by atoms with van der Waals surface area (Å²) in [5.41, 5.74) is -0.0311. The minimum Gasteiger partial charge on any atom is -0.476 e. The van der Waals surface area contributed by atoms with Crippen LogP contribution < -0.4 is 0 Å². The molecule has 0 aliphatic heterocycles. The van der Waals surface area contributed by atoms with Gasteiger partial charge < -0.3 is 10.2 Å². The molecule has 1 aliphatic rings. The molecule has 0 unspecified atom stereocenters. The van der Waals surface area contributed by atoms with Crippen LogP contribution in [0, 0.1) is 0 Å². The molecule has 0 atom stereocenters. The van der Waals surface area contributed by atoms with E-state index in [4.69, 9.17) is 5.11 Å². The molecule has 0 amide bonds. The molecule has 1 aliphatic carbocycles. The molecule has 0 bridgehead atoms. The number of aliphatic hydroxyl groups is 1. The van der Waals surface area contributed by atoms with Crippen LogP contribution in [-0.2, 0) is 6.54 Å². The van der Waals surface area contributed by atoms with Crippen LogP contribution >= 0.6 is 0 Å². The topological polar surface area (TPSA) is 91.5 Å². The highest BCUT2D eigenvalue weighted by Gasteiger charge is 2.20. The number of aromatic carboxylic acids is 1. The fourth-order valence-corrected chi connectivity index (χ4v) is 2.79. The summed E-state index contributed by atoms with van der Waals surface area (Å²) in [6, 6.07) is 0.526. The van der Waals surface area contributed by atoms with E-state index < -0.39 is 5.97 Å². The summed E-state index contributed by atoms with van der Waals surface area (Å²) in [6.07, 6.45) is 7.60. The average molecular weight is 282 g/mol. The fourth-order valence-electron chi connectivity index (χ4n) is 2.79. The molecule has 1 fully saturated rings. The van der Waals surface area contributed by atoms with E-state index in [2.05, 4.69) is 15.2 Å². The summed E-state index contributed by atoms with van der Waals surface area (Å²) < 4.78 is 1.55. The Morgan fingerprint density at radius 1 is 1.35 bits per heavy atom. The first kappa shape index (κ1) is 14.9. The maximum atomic E-state index is 10.7. The van der Waals surface area contributed by atoms with Gasteiger partial charge in [-0.05, 0) is 12.8 Å². The van der Waals surface area contributed by atoms with Gasteiger partial charge in [0.15, 0.2) is 5.69 Å². The molecule has 1 heterocycles. The molecule has 2 rings (SSSR count). The molecule has 1 saturated carbocycles. The Hall–Kier alpha value is -1.47. The van der Waals surface area contributed by atoms with Crippen molar-refractivity contribution in [2.24, 2.45) is 0 Å². The van der Waals surface area contributed by atoms with Crippen LogP contribution in [0.2, 0.25) is 0 Å². The van der Waals surface area contributed by atoms with Crippen LogP contribution in [-0.4, -0.2) is 61.8 Å². The second-order valence-corrected chi connectivity index (χ2v) is 5.22. The molecule has 0 radical (unpaired) electrons. The Kier molecular flexibility index (Phi) is 5.49. The van der Waals surface area contributed by atoms with Gasteiger partial charge in [0.25, 0.3) is 0 Å². The molecule has 7 heteroatoms. The average Bonchev–Trinajstić information content (AvgIpc) is 2.93. The Balaban J connectivity index is 1.88. The smallest absolute Gasteiger partial charge is 0.358 e. The van der Waals surface area contributed by atoms with Gasteiger partial charge in [-0.15, -0.1) is 5.10 Å². The molecule has 0 saturated heterocycles. The maximum Gasteiger partial charge on any atom is 0.358 e. The predicted octanol–water partition coefficient (Wildman–Crippen LogP) is 0.603. The first-order valence-corrected chi connectivity index (χ1v) is 7.19. The van der Waals surface area contributed by atoms with Crippen molar-refractivity contribution in [2.45, 2.75) is 44.7 Å². The number of nitrogens with zero attached hydrogens (tertiary/aromatic N) is 4. The maximum absolute atomic E-state index is 10.7. The van der Waals surface area contributed by atoms with Crippen molar-refractivity contribution in [1.82, 2.24) is 19.9 Å². The van der Waals surface area contributed by atoms with Crippen LogP contribution in [0.25, 0.3) is 0 Å². The van der Waals surface area contributed by atoms with E-state index in [-0.39, 0.29) is 12.3 Å². The summed E-state index contributed by atoms with van der Waals surface area (Å²) in [7, 11) is 0. The first-order valence-electron chi connectivity index (χ1n) is 7.19. The van der Waals surface area contributed by atoms with Crippen molar-refractivity contribution < 1.29 is 15.0 Å². The van der Waals surface area contributed by atoms with Crippen LogP contribution in [0.5, 0.6) is 0 Å². The highest BCUT2D eigenvalue weighted by atomic mass is 16.4.